The van der Waals surface area contributed by atoms with Crippen LogP contribution in [-0.2, 0) is 10.0 Å². The Hall–Kier alpha value is -1.89. The van der Waals surface area contributed by atoms with Crippen LogP contribution in [0.15, 0.2) is 121 Å². The molecule has 0 aliphatic carbocycles. The maximum absolute atomic E-state index is 13.9. The average Bonchev–Trinajstić information content (AvgIpc) is 2.92. The summed E-state index contributed by atoms with van der Waals surface area (Å²) in [5.41, 5.74) is 1.00. The molecule has 0 heterocycles. The van der Waals surface area contributed by atoms with Crippen molar-refractivity contribution in [3.63, 3.8) is 0 Å². The second-order valence-corrected chi connectivity index (χ2v) is 15.6. The highest BCUT2D eigenvalue weighted by Gasteiger charge is 2.31. The van der Waals surface area contributed by atoms with E-state index in [1.807, 2.05) is 74.2 Å². The molecule has 4 aromatic rings. The van der Waals surface area contributed by atoms with E-state index >= 15 is 0 Å². The van der Waals surface area contributed by atoms with Gasteiger partial charge in [0.05, 0.1) is 11.9 Å². The van der Waals surface area contributed by atoms with E-state index in [9.17, 15) is 8.42 Å². The molecule has 0 unspecified atom stereocenters. The molecule has 3 nitrogen and oxygen atoms in total. The lowest BCUT2D eigenvalue weighted by Crippen LogP contribution is -2.26. The molecule has 0 spiro atoms. The zero-order chi connectivity index (χ0) is 25.8. The summed E-state index contributed by atoms with van der Waals surface area (Å²) in [6, 6.07) is 31.5. The van der Waals surface area contributed by atoms with E-state index in [2.05, 4.69) is 36.4 Å². The van der Waals surface area contributed by atoms with Crippen LogP contribution in [0.4, 0.5) is 0 Å². The van der Waals surface area contributed by atoms with Gasteiger partial charge in [0, 0.05) is 30.6 Å². The largest absolute Gasteiger partial charge is 0.281 e. The van der Waals surface area contributed by atoms with E-state index in [0.29, 0.717) is 0 Å². The summed E-state index contributed by atoms with van der Waals surface area (Å²) in [6.45, 7) is 1.94. The van der Waals surface area contributed by atoms with Gasteiger partial charge in [-0.25, -0.2) is 0 Å². The first-order chi connectivity index (χ1) is 17.3. The van der Waals surface area contributed by atoms with E-state index in [1.165, 1.54) is 0 Å². The lowest BCUT2D eigenvalue weighted by Gasteiger charge is -2.27. The molecule has 0 aliphatic rings. The topological polar surface area (TPSA) is 46.5 Å². The number of sulfonamides is 1. The highest BCUT2D eigenvalue weighted by atomic mass is 32.2. The molecule has 0 radical (unpaired) electrons. The van der Waals surface area contributed by atoms with Crippen LogP contribution in [0.5, 0.6) is 0 Å². The Morgan fingerprint density at radius 3 is 1.19 bits per heavy atom. The molecule has 4 rings (SSSR count). The predicted octanol–water partition coefficient (Wildman–Crippen LogP) is 7.03. The Bertz CT molecular complexity index is 1360. The fraction of sp³-hybridized carbons (Fsp3) is 0.143. The minimum absolute atomic E-state index is 0.208. The van der Waals surface area contributed by atoms with Gasteiger partial charge < -0.3 is 0 Å². The summed E-state index contributed by atoms with van der Waals surface area (Å²) in [7, 11) is -6.90. The number of nitrogens with zero attached hydrogens (tertiary/aromatic N) is 1. The van der Waals surface area contributed by atoms with Gasteiger partial charge in [-0.05, 0) is 74.2 Å². The summed E-state index contributed by atoms with van der Waals surface area (Å²) < 4.78 is 32.7. The fourth-order valence-electron chi connectivity index (χ4n) is 3.90. The van der Waals surface area contributed by atoms with Crippen molar-refractivity contribution in [1.82, 2.24) is 0 Å². The van der Waals surface area contributed by atoms with Crippen LogP contribution in [0.1, 0.15) is 5.56 Å². The SMILES string of the molecule is CSc1ccc(P(=NS(=O)(=O)c2ccc(C)cc2)(c2ccc(SC)cc2)c2ccc(SC)cc2)cc1. The van der Waals surface area contributed by atoms with Gasteiger partial charge in [-0.2, -0.15) is 12.6 Å². The lowest BCUT2D eigenvalue weighted by atomic mass is 10.2. The van der Waals surface area contributed by atoms with Gasteiger partial charge in [0.15, 0.2) is 0 Å². The molecule has 0 saturated carbocycles. The number of hydrogen-bond acceptors (Lipinski definition) is 5. The highest BCUT2D eigenvalue weighted by Crippen LogP contribution is 2.49. The van der Waals surface area contributed by atoms with Crippen LogP contribution in [0.25, 0.3) is 0 Å². The second-order valence-electron chi connectivity index (χ2n) is 8.10. The van der Waals surface area contributed by atoms with Crippen LogP contribution in [0, 0.1) is 6.92 Å². The van der Waals surface area contributed by atoms with Gasteiger partial charge in [-0.1, -0.05) is 54.1 Å². The van der Waals surface area contributed by atoms with E-state index in [1.54, 1.807) is 47.4 Å². The minimum atomic E-state index is -3.97. The highest BCUT2D eigenvalue weighted by molar-refractivity contribution is 8.00. The summed E-state index contributed by atoms with van der Waals surface area (Å²) in [5.74, 6) is 0. The maximum atomic E-state index is 13.9. The zero-order valence-electron chi connectivity index (χ0n) is 20.6. The number of hydrogen-bond donors (Lipinski definition) is 0. The Morgan fingerprint density at radius 2 is 0.889 bits per heavy atom. The quantitative estimate of drug-likeness (QED) is 0.168. The molecule has 186 valence electrons. The van der Waals surface area contributed by atoms with E-state index in [0.717, 1.165) is 36.2 Å². The predicted molar refractivity (Wildman–Crippen MR) is 161 cm³/mol. The van der Waals surface area contributed by atoms with Gasteiger partial charge in [0.25, 0.3) is 10.0 Å². The molecule has 0 fully saturated rings. The summed E-state index contributed by atoms with van der Waals surface area (Å²) in [6.07, 6.45) is 6.10. The Labute approximate surface area is 227 Å². The number of benzene rings is 4. The lowest BCUT2D eigenvalue weighted by molar-refractivity contribution is 0.598. The van der Waals surface area contributed by atoms with Crippen molar-refractivity contribution >= 4 is 68.3 Å². The molecule has 0 atom stereocenters. The van der Waals surface area contributed by atoms with Crippen molar-refractivity contribution in [2.24, 2.45) is 4.15 Å². The van der Waals surface area contributed by atoms with Crippen LogP contribution >= 0.6 is 42.3 Å². The van der Waals surface area contributed by atoms with Crippen LogP contribution in [0.2, 0.25) is 0 Å². The standard InChI is InChI=1S/C28H28NO2PS4/c1-21-5-19-28(20-6-21)36(30,31)29-32(22-7-13-25(33-2)14-8-22,23-9-15-26(34-3)16-10-23)24-11-17-27(35-4)18-12-24/h5-20H,1-4H3. The van der Waals surface area contributed by atoms with E-state index in [-0.39, 0.29) is 4.90 Å². The molecule has 0 amide bonds. The monoisotopic (exact) mass is 569 g/mol. The van der Waals surface area contributed by atoms with Crippen LogP contribution < -0.4 is 15.9 Å². The van der Waals surface area contributed by atoms with Crippen LogP contribution in [0.3, 0.4) is 0 Å². The van der Waals surface area contributed by atoms with Gasteiger partial charge in [-0.3, -0.25) is 0 Å². The third kappa shape index (κ3) is 5.66. The van der Waals surface area contributed by atoms with Gasteiger partial charge >= 0.3 is 0 Å². The summed E-state index contributed by atoms with van der Waals surface area (Å²) in [5, 5.41) is 2.72. The molecular formula is C28H28NO2PS4. The molecule has 4 aromatic carbocycles. The van der Waals surface area contributed by atoms with Crippen molar-refractivity contribution in [2.45, 2.75) is 26.5 Å². The average molecular weight is 570 g/mol. The molecule has 36 heavy (non-hydrogen) atoms. The van der Waals surface area contributed by atoms with Crippen molar-refractivity contribution in [3.05, 3.63) is 103 Å². The molecule has 8 heteroatoms. The van der Waals surface area contributed by atoms with Crippen molar-refractivity contribution in [2.75, 3.05) is 18.8 Å². The first-order valence-corrected chi connectivity index (χ1v) is 18.1. The third-order valence-corrected chi connectivity index (χ3v) is 14.0. The number of rotatable bonds is 8. The van der Waals surface area contributed by atoms with Crippen molar-refractivity contribution in [3.8, 4) is 0 Å². The van der Waals surface area contributed by atoms with Crippen molar-refractivity contribution < 1.29 is 8.42 Å². The third-order valence-electron chi connectivity index (χ3n) is 5.89. The Balaban J connectivity index is 2.11. The van der Waals surface area contributed by atoms with E-state index in [4.69, 9.17) is 4.15 Å². The van der Waals surface area contributed by atoms with Gasteiger partial charge in [-0.15, -0.1) is 35.3 Å². The fourth-order valence-corrected chi connectivity index (χ4v) is 11.0. The number of aryl methyl sites for hydroxylation is 1. The molecule has 0 bridgehead atoms. The van der Waals surface area contributed by atoms with E-state index < -0.39 is 17.1 Å². The Morgan fingerprint density at radius 1 is 0.556 bits per heavy atom. The van der Waals surface area contributed by atoms with Gasteiger partial charge in [0.2, 0.25) is 0 Å². The molecule has 0 aliphatic heterocycles. The molecular weight excluding hydrogens is 542 g/mol. The first-order valence-electron chi connectivity index (χ1n) is 11.2. The first kappa shape index (κ1) is 27.2. The molecule has 0 saturated heterocycles. The number of thioether (sulfide) groups is 3. The smallest absolute Gasteiger partial charge is 0.199 e. The molecule has 0 N–H and O–H groups in total. The molecule has 0 aromatic heterocycles. The normalized spacial score (nSPS) is 11.9. The van der Waals surface area contributed by atoms with Gasteiger partial charge in [0.1, 0.15) is 0 Å². The van der Waals surface area contributed by atoms with Crippen molar-refractivity contribution in [1.29, 1.82) is 0 Å². The zero-order valence-corrected chi connectivity index (χ0v) is 24.7. The summed E-state index contributed by atoms with van der Waals surface area (Å²) in [4.78, 5) is 3.57. The minimum Gasteiger partial charge on any atom is -0.199 e. The second kappa shape index (κ2) is 11.7. The Kier molecular flexibility index (Phi) is 8.79. The summed E-state index contributed by atoms with van der Waals surface area (Å²) >= 11 is 4.98. The van der Waals surface area contributed by atoms with Crippen LogP contribution in [-0.4, -0.2) is 27.2 Å². The maximum Gasteiger partial charge on any atom is 0.281 e.